The Morgan fingerprint density at radius 2 is 1.67 bits per heavy atom. The van der Waals surface area contributed by atoms with Gasteiger partial charge >= 0.3 is 0 Å². The zero-order valence-corrected chi connectivity index (χ0v) is 18.2. The molecule has 0 aliphatic rings. The first-order valence-electron chi connectivity index (χ1n) is 8.77. The fourth-order valence-electron chi connectivity index (χ4n) is 2.71. The van der Waals surface area contributed by atoms with E-state index in [9.17, 15) is 13.2 Å². The largest absolute Gasteiger partial charge is 0.497 e. The highest BCUT2D eigenvalue weighted by Gasteiger charge is 2.27. The second-order valence-corrected chi connectivity index (χ2v) is 8.96. The van der Waals surface area contributed by atoms with E-state index in [1.54, 1.807) is 42.5 Å². The molecule has 0 atom stereocenters. The first kappa shape index (κ1) is 22.0. The molecular weight excluding hydrogens is 447 g/mol. The van der Waals surface area contributed by atoms with E-state index < -0.39 is 22.5 Å². The van der Waals surface area contributed by atoms with Crippen molar-refractivity contribution in [1.82, 2.24) is 0 Å². The van der Waals surface area contributed by atoms with Crippen LogP contribution in [0.15, 0.2) is 77.7 Å². The van der Waals surface area contributed by atoms with Crippen molar-refractivity contribution in [2.24, 2.45) is 0 Å². The van der Waals surface area contributed by atoms with E-state index in [-0.39, 0.29) is 10.6 Å². The maximum absolute atomic E-state index is 13.3. The molecule has 6 nitrogen and oxygen atoms in total. The second-order valence-electron chi connectivity index (χ2n) is 6.23. The fourth-order valence-corrected chi connectivity index (χ4v) is 4.44. The molecule has 0 unspecified atom stereocenters. The molecule has 0 aromatic heterocycles. The van der Waals surface area contributed by atoms with E-state index in [4.69, 9.17) is 27.9 Å². The van der Waals surface area contributed by atoms with Crippen molar-refractivity contribution in [3.63, 3.8) is 0 Å². The Labute approximate surface area is 185 Å². The number of hydrogen-bond acceptors (Lipinski definition) is 4. The molecule has 156 valence electrons. The summed E-state index contributed by atoms with van der Waals surface area (Å²) in [6, 6.07) is 18.8. The molecule has 0 radical (unpaired) electrons. The van der Waals surface area contributed by atoms with Gasteiger partial charge in [-0.05, 0) is 54.6 Å². The third-order valence-corrected chi connectivity index (χ3v) is 6.41. The van der Waals surface area contributed by atoms with E-state index in [0.29, 0.717) is 21.5 Å². The number of nitrogens with zero attached hydrogens (tertiary/aromatic N) is 1. The first-order chi connectivity index (χ1) is 14.3. The third kappa shape index (κ3) is 5.24. The Morgan fingerprint density at radius 1 is 0.967 bits per heavy atom. The Morgan fingerprint density at radius 3 is 2.33 bits per heavy atom. The van der Waals surface area contributed by atoms with Crippen LogP contribution in [-0.4, -0.2) is 28.0 Å². The van der Waals surface area contributed by atoms with E-state index in [2.05, 4.69) is 5.32 Å². The molecule has 30 heavy (non-hydrogen) atoms. The van der Waals surface area contributed by atoms with Gasteiger partial charge in [-0.2, -0.15) is 0 Å². The molecule has 3 rings (SSSR count). The van der Waals surface area contributed by atoms with Gasteiger partial charge in [-0.25, -0.2) is 8.42 Å². The number of halogens is 2. The fraction of sp³-hybridized carbons (Fsp3) is 0.0952. The number of methoxy groups -OCH3 is 1. The Hall–Kier alpha value is -2.74. The molecular formula is C21H18Cl2N2O4S. The van der Waals surface area contributed by atoms with Gasteiger partial charge in [0, 0.05) is 21.8 Å². The molecule has 0 aliphatic heterocycles. The van der Waals surface area contributed by atoms with Crippen LogP contribution < -0.4 is 14.4 Å². The second kappa shape index (κ2) is 9.38. The van der Waals surface area contributed by atoms with Gasteiger partial charge in [0.05, 0.1) is 17.7 Å². The standard InChI is InChI=1S/C21H18Cl2N2O4S/c1-29-19-7-3-5-17(13-19)24-21(26)14-25(18-6-2-4-16(23)12-18)30(27,28)20-10-8-15(22)9-11-20/h2-13H,14H2,1H3,(H,24,26). The molecule has 0 heterocycles. The minimum atomic E-state index is -4.06. The van der Waals surface area contributed by atoms with Crippen LogP contribution in [0.2, 0.25) is 10.0 Å². The number of anilines is 2. The summed E-state index contributed by atoms with van der Waals surface area (Å²) in [7, 11) is -2.54. The summed E-state index contributed by atoms with van der Waals surface area (Å²) >= 11 is 11.9. The normalized spacial score (nSPS) is 11.0. The molecule has 1 amide bonds. The number of hydrogen-bond donors (Lipinski definition) is 1. The van der Waals surface area contributed by atoms with Gasteiger partial charge < -0.3 is 10.1 Å². The minimum absolute atomic E-state index is 0.000978. The van der Waals surface area contributed by atoms with Crippen molar-refractivity contribution in [1.29, 1.82) is 0 Å². The number of amides is 1. The summed E-state index contributed by atoms with van der Waals surface area (Å²) in [4.78, 5) is 12.7. The third-order valence-electron chi connectivity index (χ3n) is 4.14. The van der Waals surface area contributed by atoms with Crippen LogP contribution in [0, 0.1) is 0 Å². The summed E-state index contributed by atoms with van der Waals surface area (Å²) in [5.41, 5.74) is 0.743. The lowest BCUT2D eigenvalue weighted by atomic mass is 10.3. The van der Waals surface area contributed by atoms with E-state index in [1.807, 2.05) is 0 Å². The van der Waals surface area contributed by atoms with Gasteiger partial charge in [-0.3, -0.25) is 9.10 Å². The van der Waals surface area contributed by atoms with Crippen LogP contribution >= 0.6 is 23.2 Å². The molecule has 0 saturated heterocycles. The lowest BCUT2D eigenvalue weighted by molar-refractivity contribution is -0.114. The molecule has 0 aliphatic carbocycles. The predicted molar refractivity (Wildman–Crippen MR) is 119 cm³/mol. The average Bonchev–Trinajstić information content (AvgIpc) is 2.72. The van der Waals surface area contributed by atoms with Crippen LogP contribution in [0.5, 0.6) is 5.75 Å². The number of carbonyl (C=O) groups excluding carboxylic acids is 1. The highest BCUT2D eigenvalue weighted by Crippen LogP contribution is 2.27. The van der Waals surface area contributed by atoms with Crippen molar-refractivity contribution >= 4 is 50.5 Å². The number of nitrogens with one attached hydrogen (secondary N) is 1. The molecule has 0 saturated carbocycles. The lowest BCUT2D eigenvalue weighted by Crippen LogP contribution is -2.38. The summed E-state index contributed by atoms with van der Waals surface area (Å²) in [5, 5.41) is 3.43. The van der Waals surface area contributed by atoms with Crippen LogP contribution in [0.3, 0.4) is 0 Å². The van der Waals surface area contributed by atoms with E-state index in [1.165, 1.54) is 37.4 Å². The molecule has 0 fully saturated rings. The number of carbonyl (C=O) groups is 1. The smallest absolute Gasteiger partial charge is 0.264 e. The van der Waals surface area contributed by atoms with Gasteiger partial charge in [0.1, 0.15) is 12.3 Å². The number of sulfonamides is 1. The number of ether oxygens (including phenoxy) is 1. The summed E-state index contributed by atoms with van der Waals surface area (Å²) in [6.07, 6.45) is 0. The van der Waals surface area contributed by atoms with Crippen molar-refractivity contribution < 1.29 is 17.9 Å². The van der Waals surface area contributed by atoms with Crippen molar-refractivity contribution in [3.05, 3.63) is 82.8 Å². The van der Waals surface area contributed by atoms with Crippen molar-refractivity contribution in [2.45, 2.75) is 4.90 Å². The number of rotatable bonds is 7. The highest BCUT2D eigenvalue weighted by atomic mass is 35.5. The molecule has 3 aromatic carbocycles. The molecule has 3 aromatic rings. The topological polar surface area (TPSA) is 75.7 Å². The molecule has 9 heteroatoms. The van der Waals surface area contributed by atoms with Crippen LogP contribution in [0.1, 0.15) is 0 Å². The molecule has 0 spiro atoms. The van der Waals surface area contributed by atoms with Crippen molar-refractivity contribution in [2.75, 3.05) is 23.3 Å². The predicted octanol–water partition coefficient (Wildman–Crippen LogP) is 4.84. The first-order valence-corrected chi connectivity index (χ1v) is 11.0. The maximum atomic E-state index is 13.3. The van der Waals surface area contributed by atoms with E-state index in [0.717, 1.165) is 4.31 Å². The Bertz CT molecular complexity index is 1150. The van der Waals surface area contributed by atoms with Gasteiger partial charge in [-0.15, -0.1) is 0 Å². The van der Waals surface area contributed by atoms with Gasteiger partial charge in [0.2, 0.25) is 5.91 Å². The molecule has 0 bridgehead atoms. The van der Waals surface area contributed by atoms with Crippen LogP contribution in [-0.2, 0) is 14.8 Å². The average molecular weight is 465 g/mol. The summed E-state index contributed by atoms with van der Waals surface area (Å²) < 4.78 is 32.7. The zero-order chi connectivity index (χ0) is 21.7. The number of benzene rings is 3. The lowest BCUT2D eigenvalue weighted by Gasteiger charge is -2.24. The monoisotopic (exact) mass is 464 g/mol. The van der Waals surface area contributed by atoms with Crippen LogP contribution in [0.4, 0.5) is 11.4 Å². The Balaban J connectivity index is 1.93. The van der Waals surface area contributed by atoms with Crippen LogP contribution in [0.25, 0.3) is 0 Å². The zero-order valence-electron chi connectivity index (χ0n) is 15.9. The molecule has 1 N–H and O–H groups in total. The van der Waals surface area contributed by atoms with E-state index >= 15 is 0 Å². The Kier molecular flexibility index (Phi) is 6.87. The summed E-state index contributed by atoms with van der Waals surface area (Å²) in [5.74, 6) is 0.0362. The van der Waals surface area contributed by atoms with Gasteiger partial charge in [-0.1, -0.05) is 35.3 Å². The van der Waals surface area contributed by atoms with Gasteiger partial charge in [0.15, 0.2) is 0 Å². The minimum Gasteiger partial charge on any atom is -0.497 e. The maximum Gasteiger partial charge on any atom is 0.264 e. The highest BCUT2D eigenvalue weighted by molar-refractivity contribution is 7.92. The van der Waals surface area contributed by atoms with Gasteiger partial charge in [0.25, 0.3) is 10.0 Å². The summed E-state index contributed by atoms with van der Waals surface area (Å²) in [6.45, 7) is -0.456. The van der Waals surface area contributed by atoms with Crippen molar-refractivity contribution in [3.8, 4) is 5.75 Å². The quantitative estimate of drug-likeness (QED) is 0.542. The SMILES string of the molecule is COc1cccc(NC(=O)CN(c2cccc(Cl)c2)S(=O)(=O)c2ccc(Cl)cc2)c1.